The lowest BCUT2D eigenvalue weighted by Crippen LogP contribution is -2.78. The van der Waals surface area contributed by atoms with Crippen molar-refractivity contribution in [1.29, 1.82) is 0 Å². The number of phenols is 1. The van der Waals surface area contributed by atoms with Crippen LogP contribution in [0.3, 0.4) is 0 Å². The molecule has 6 nitrogen and oxygen atoms in total. The number of Topliss-reactive ketones (excluding diaryl/α,β-unsaturated/α-hetero) is 1. The van der Waals surface area contributed by atoms with Gasteiger partial charge in [-0.3, -0.25) is 14.6 Å². The van der Waals surface area contributed by atoms with Gasteiger partial charge in [-0.05, 0) is 75.2 Å². The molecular formula is C39H46N2O4. The Kier molecular flexibility index (Phi) is 8.32. The molecule has 1 spiro atoms. The highest BCUT2D eigenvalue weighted by Crippen LogP contribution is 2.65. The summed E-state index contributed by atoms with van der Waals surface area (Å²) in [6.07, 6.45) is 9.93. The van der Waals surface area contributed by atoms with Crippen molar-refractivity contribution in [1.82, 2.24) is 9.80 Å². The first kappa shape index (κ1) is 30.2. The summed E-state index contributed by atoms with van der Waals surface area (Å²) in [5, 5.41) is 23.9. The molecule has 0 radical (unpaired) electrons. The maximum absolute atomic E-state index is 13.7. The maximum Gasteiger partial charge on any atom is 0.176 e. The Morgan fingerprint density at radius 2 is 1.76 bits per heavy atom. The van der Waals surface area contributed by atoms with Crippen LogP contribution >= 0.6 is 0 Å². The second-order valence-electron chi connectivity index (χ2n) is 13.7. The molecule has 2 heterocycles. The summed E-state index contributed by atoms with van der Waals surface area (Å²) in [6, 6.07) is 23.9. The number of ketones is 1. The van der Waals surface area contributed by atoms with Crippen LogP contribution in [-0.4, -0.2) is 75.8 Å². The fourth-order valence-corrected chi connectivity index (χ4v) is 9.27. The Morgan fingerprint density at radius 1 is 1.00 bits per heavy atom. The van der Waals surface area contributed by atoms with Crippen LogP contribution in [0.2, 0.25) is 0 Å². The molecule has 7 rings (SSSR count). The van der Waals surface area contributed by atoms with E-state index in [0.717, 1.165) is 82.1 Å². The van der Waals surface area contributed by atoms with Gasteiger partial charge in [0.1, 0.15) is 6.10 Å². The molecule has 2 bridgehead atoms. The van der Waals surface area contributed by atoms with Crippen LogP contribution in [0.25, 0.3) is 0 Å². The molecule has 3 aromatic carbocycles. The van der Waals surface area contributed by atoms with Crippen LogP contribution in [0.15, 0.2) is 85.5 Å². The predicted molar refractivity (Wildman–Crippen MR) is 177 cm³/mol. The number of benzene rings is 3. The van der Waals surface area contributed by atoms with Gasteiger partial charge in [-0.1, -0.05) is 85.6 Å². The Hall–Kier alpha value is -3.45. The highest BCUT2D eigenvalue weighted by Gasteiger charge is 2.73. The lowest BCUT2D eigenvalue weighted by molar-refractivity contribution is -0.198. The van der Waals surface area contributed by atoms with E-state index >= 15 is 0 Å². The summed E-state index contributed by atoms with van der Waals surface area (Å²) < 4.78 is 6.84. The largest absolute Gasteiger partial charge is 0.504 e. The molecule has 1 saturated carbocycles. The number of hydrogen-bond acceptors (Lipinski definition) is 6. The lowest BCUT2D eigenvalue weighted by Gasteiger charge is -2.64. The number of rotatable bonds is 13. The minimum atomic E-state index is -0.978. The number of hydrogen-bond donors (Lipinski definition) is 2. The number of aryl methyl sites for hydroxylation is 1. The third-order valence-electron chi connectivity index (χ3n) is 11.3. The number of unbranched alkanes of at least 4 members (excludes halogenated alkanes) is 3. The van der Waals surface area contributed by atoms with Crippen molar-refractivity contribution in [3.63, 3.8) is 0 Å². The summed E-state index contributed by atoms with van der Waals surface area (Å²) in [5.74, 6) is 0.809. The molecule has 2 unspecified atom stereocenters. The Morgan fingerprint density at radius 3 is 2.53 bits per heavy atom. The zero-order chi connectivity index (χ0) is 31.0. The molecule has 2 aliphatic carbocycles. The van der Waals surface area contributed by atoms with Crippen molar-refractivity contribution in [2.75, 3.05) is 26.2 Å². The molecule has 2 fully saturated rings. The van der Waals surface area contributed by atoms with Gasteiger partial charge in [0, 0.05) is 29.8 Å². The average Bonchev–Trinajstić information content (AvgIpc) is 3.41. The van der Waals surface area contributed by atoms with E-state index in [1.807, 2.05) is 42.5 Å². The Balaban J connectivity index is 1.16. The van der Waals surface area contributed by atoms with Crippen LogP contribution in [0.1, 0.15) is 72.0 Å². The van der Waals surface area contributed by atoms with Crippen LogP contribution in [0, 0.1) is 0 Å². The van der Waals surface area contributed by atoms with E-state index in [1.54, 1.807) is 6.07 Å². The number of ether oxygens (including phenoxy) is 1. The van der Waals surface area contributed by atoms with Crippen LogP contribution in [0.5, 0.6) is 11.5 Å². The highest BCUT2D eigenvalue weighted by molar-refractivity contribution is 5.97. The minimum absolute atomic E-state index is 0.0386. The summed E-state index contributed by atoms with van der Waals surface area (Å²) in [5.41, 5.74) is 2.69. The van der Waals surface area contributed by atoms with Gasteiger partial charge < -0.3 is 14.9 Å². The Bertz CT molecular complexity index is 1530. The van der Waals surface area contributed by atoms with E-state index in [4.69, 9.17) is 4.74 Å². The minimum Gasteiger partial charge on any atom is -0.504 e. The molecule has 4 aliphatic rings. The van der Waals surface area contributed by atoms with E-state index in [2.05, 4.69) is 46.7 Å². The second kappa shape index (κ2) is 12.4. The molecule has 45 heavy (non-hydrogen) atoms. The van der Waals surface area contributed by atoms with Gasteiger partial charge in [0.05, 0.1) is 17.6 Å². The van der Waals surface area contributed by atoms with Crippen molar-refractivity contribution in [2.24, 2.45) is 0 Å². The van der Waals surface area contributed by atoms with Gasteiger partial charge in [0.25, 0.3) is 0 Å². The standard InChI is InChI=1S/C39H46N2O4/c1-2-23-40-25-22-38-35-30-18-19-32(42)36(35)45-37(38)31(20-21-39(38,44)34(40)26-30)41(27-33(43)29-16-10-6-11-17-29)24-12-4-3-7-13-28-14-8-5-9-15-28/h2,5-6,8-11,14-19,31,34,37,42,44H,1,3-4,7,12-13,20-27H2/t31?,34-,37?,38+,39-/m1/s1. The number of carbonyl (C=O) groups is 1. The van der Waals surface area contributed by atoms with Crippen molar-refractivity contribution >= 4 is 5.78 Å². The van der Waals surface area contributed by atoms with Gasteiger partial charge >= 0.3 is 0 Å². The summed E-state index contributed by atoms with van der Waals surface area (Å²) >= 11 is 0. The monoisotopic (exact) mass is 606 g/mol. The SMILES string of the molecule is C=CCN1CC[C@]23c4c5ccc(O)c4OC2C(N(CCCCCCc2ccccc2)CC(=O)c2ccccc2)CC[C@@]3(O)[C@H]1C5. The van der Waals surface area contributed by atoms with Crippen LogP contribution in [-0.2, 0) is 18.3 Å². The second-order valence-corrected chi connectivity index (χ2v) is 13.7. The van der Waals surface area contributed by atoms with E-state index in [1.165, 1.54) is 11.1 Å². The highest BCUT2D eigenvalue weighted by atomic mass is 16.5. The summed E-state index contributed by atoms with van der Waals surface area (Å²) in [4.78, 5) is 18.4. The van der Waals surface area contributed by atoms with Gasteiger partial charge in [-0.15, -0.1) is 6.58 Å². The molecule has 6 heteroatoms. The van der Waals surface area contributed by atoms with Crippen molar-refractivity contribution in [3.8, 4) is 11.5 Å². The maximum atomic E-state index is 13.7. The van der Waals surface area contributed by atoms with Crippen molar-refractivity contribution in [3.05, 3.63) is 108 Å². The number of carbonyl (C=O) groups excluding carboxylic acids is 1. The molecule has 1 saturated heterocycles. The van der Waals surface area contributed by atoms with E-state index in [0.29, 0.717) is 18.7 Å². The zero-order valence-electron chi connectivity index (χ0n) is 26.2. The number of aromatic hydroxyl groups is 1. The van der Waals surface area contributed by atoms with Gasteiger partial charge in [-0.25, -0.2) is 0 Å². The topological polar surface area (TPSA) is 73.2 Å². The molecule has 236 valence electrons. The van der Waals surface area contributed by atoms with Crippen molar-refractivity contribution in [2.45, 2.75) is 87.0 Å². The first-order valence-electron chi connectivity index (χ1n) is 16.9. The third kappa shape index (κ3) is 5.11. The van der Waals surface area contributed by atoms with E-state index in [-0.39, 0.29) is 29.7 Å². The quantitative estimate of drug-likeness (QED) is 0.139. The predicted octanol–water partition coefficient (Wildman–Crippen LogP) is 6.09. The lowest BCUT2D eigenvalue weighted by atomic mass is 9.48. The molecular weight excluding hydrogens is 560 g/mol. The fourth-order valence-electron chi connectivity index (χ4n) is 9.27. The van der Waals surface area contributed by atoms with Crippen molar-refractivity contribution < 1.29 is 19.7 Å². The van der Waals surface area contributed by atoms with Gasteiger partial charge in [-0.2, -0.15) is 0 Å². The number of aliphatic hydroxyl groups is 1. The van der Waals surface area contributed by atoms with E-state index < -0.39 is 11.0 Å². The van der Waals surface area contributed by atoms with E-state index in [9.17, 15) is 15.0 Å². The number of phenolic OH excluding ortho intramolecular Hbond substituents is 1. The normalized spacial score (nSPS) is 28.0. The molecule has 0 amide bonds. The molecule has 0 aromatic heterocycles. The first-order chi connectivity index (χ1) is 22.0. The summed E-state index contributed by atoms with van der Waals surface area (Å²) in [6.45, 7) is 6.68. The van der Waals surface area contributed by atoms with Crippen LogP contribution in [0.4, 0.5) is 0 Å². The first-order valence-corrected chi connectivity index (χ1v) is 16.9. The zero-order valence-corrected chi connectivity index (χ0v) is 26.2. The molecule has 2 N–H and O–H groups in total. The number of piperidine rings is 1. The van der Waals surface area contributed by atoms with Gasteiger partial charge in [0.15, 0.2) is 17.3 Å². The molecule has 2 aliphatic heterocycles. The third-order valence-corrected chi connectivity index (χ3v) is 11.3. The van der Waals surface area contributed by atoms with Gasteiger partial charge in [0.2, 0.25) is 0 Å². The number of likely N-dealkylation sites (tertiary alicyclic amines) is 1. The fraction of sp³-hybridized carbons (Fsp3) is 0.462. The average molecular weight is 607 g/mol. The Labute approximate surface area is 267 Å². The number of nitrogens with zero attached hydrogens (tertiary/aromatic N) is 2. The van der Waals surface area contributed by atoms with Crippen LogP contribution < -0.4 is 4.74 Å². The summed E-state index contributed by atoms with van der Waals surface area (Å²) in [7, 11) is 0. The smallest absolute Gasteiger partial charge is 0.176 e. The molecule has 5 atom stereocenters. The molecule has 3 aromatic rings.